The van der Waals surface area contributed by atoms with Gasteiger partial charge in [-0.05, 0) is 68.4 Å². The van der Waals surface area contributed by atoms with Gasteiger partial charge in [0.15, 0.2) is 5.82 Å². The molecule has 3 aromatic rings. The normalized spacial score (nSPS) is 11.3. The van der Waals surface area contributed by atoms with Crippen LogP contribution >= 0.6 is 12.2 Å². The minimum atomic E-state index is -0.297. The lowest BCUT2D eigenvalue weighted by Gasteiger charge is -2.07. The molecule has 3 rings (SSSR count). The Morgan fingerprint density at radius 2 is 1.75 bits per heavy atom. The lowest BCUT2D eigenvalue weighted by molar-refractivity contribution is 0.628. The van der Waals surface area contributed by atoms with Crippen LogP contribution in [0.2, 0.25) is 0 Å². The molecule has 0 bridgehead atoms. The topological polar surface area (TPSA) is 46.0 Å². The number of halogens is 1. The summed E-state index contributed by atoms with van der Waals surface area (Å²) in [7, 11) is 0. The van der Waals surface area contributed by atoms with Gasteiger partial charge in [0.25, 0.3) is 0 Å². The van der Waals surface area contributed by atoms with Gasteiger partial charge < -0.3 is 0 Å². The van der Waals surface area contributed by atoms with Gasteiger partial charge in [-0.2, -0.15) is 14.9 Å². The third-order valence-corrected chi connectivity index (χ3v) is 4.06. The van der Waals surface area contributed by atoms with Crippen molar-refractivity contribution in [3.8, 4) is 11.4 Å². The van der Waals surface area contributed by atoms with E-state index in [1.54, 1.807) is 23.0 Å². The molecule has 0 spiro atoms. The maximum Gasteiger partial charge on any atom is 0.216 e. The van der Waals surface area contributed by atoms with E-state index in [4.69, 9.17) is 12.2 Å². The highest BCUT2D eigenvalue weighted by Gasteiger charge is 2.09. The Kier molecular flexibility index (Phi) is 4.40. The summed E-state index contributed by atoms with van der Waals surface area (Å²) in [5.41, 5.74) is 5.30. The molecule has 0 radical (unpaired) electrons. The zero-order chi connectivity index (χ0) is 17.3. The van der Waals surface area contributed by atoms with Gasteiger partial charge in [0.2, 0.25) is 4.77 Å². The third-order valence-electron chi connectivity index (χ3n) is 3.79. The summed E-state index contributed by atoms with van der Waals surface area (Å²) >= 11 is 5.26. The number of hydrogen-bond acceptors (Lipinski definition) is 3. The SMILES string of the molecule is Cc1cc(C)c(C=Nn2c(-c3ccc(F)cc3)n[nH]c2=S)c(C)c1. The number of benzene rings is 2. The van der Waals surface area contributed by atoms with Crippen LogP contribution in [0.25, 0.3) is 11.4 Å². The summed E-state index contributed by atoms with van der Waals surface area (Å²) in [6, 6.07) is 10.3. The Labute approximate surface area is 144 Å². The lowest BCUT2D eigenvalue weighted by Crippen LogP contribution is -1.98. The molecule has 0 amide bonds. The van der Waals surface area contributed by atoms with Crippen LogP contribution in [-0.4, -0.2) is 21.1 Å². The second-order valence-corrected chi connectivity index (χ2v) is 6.11. The van der Waals surface area contributed by atoms with E-state index in [0.717, 1.165) is 22.3 Å². The van der Waals surface area contributed by atoms with E-state index >= 15 is 0 Å². The summed E-state index contributed by atoms with van der Waals surface area (Å²) in [6.45, 7) is 6.17. The predicted octanol–water partition coefficient (Wildman–Crippen LogP) is 4.55. The first-order valence-corrected chi connectivity index (χ1v) is 7.92. The summed E-state index contributed by atoms with van der Waals surface area (Å²) in [6.07, 6.45) is 1.78. The molecule has 6 heteroatoms. The number of aryl methyl sites for hydroxylation is 3. The van der Waals surface area contributed by atoms with Gasteiger partial charge in [0, 0.05) is 11.1 Å². The summed E-state index contributed by atoms with van der Waals surface area (Å²) in [4.78, 5) is 0. The monoisotopic (exact) mass is 340 g/mol. The van der Waals surface area contributed by atoms with Crippen molar-refractivity contribution in [2.45, 2.75) is 20.8 Å². The van der Waals surface area contributed by atoms with Crippen molar-refractivity contribution in [2.75, 3.05) is 0 Å². The molecule has 0 aliphatic carbocycles. The minimum absolute atomic E-state index is 0.297. The molecule has 1 heterocycles. The Bertz CT molecular complexity index is 944. The van der Waals surface area contributed by atoms with E-state index in [2.05, 4.69) is 48.2 Å². The van der Waals surface area contributed by atoms with Crippen molar-refractivity contribution < 1.29 is 4.39 Å². The quantitative estimate of drug-likeness (QED) is 0.561. The second kappa shape index (κ2) is 6.49. The van der Waals surface area contributed by atoms with Gasteiger partial charge in [0.05, 0.1) is 6.21 Å². The standard InChI is InChI=1S/C18H17FN4S/c1-11-8-12(2)16(13(3)9-11)10-20-23-17(21-22-18(23)24)14-4-6-15(19)7-5-14/h4-10H,1-3H3,(H,22,24). The average molecular weight is 340 g/mol. The molecular formula is C18H17FN4S. The van der Waals surface area contributed by atoms with E-state index in [9.17, 15) is 4.39 Å². The summed E-state index contributed by atoms with van der Waals surface area (Å²) in [5, 5.41) is 11.4. The van der Waals surface area contributed by atoms with Crippen LogP contribution in [0.4, 0.5) is 4.39 Å². The first kappa shape index (κ1) is 16.3. The van der Waals surface area contributed by atoms with Crippen LogP contribution in [0, 0.1) is 31.4 Å². The van der Waals surface area contributed by atoms with Crippen LogP contribution in [0.15, 0.2) is 41.5 Å². The van der Waals surface area contributed by atoms with Crippen molar-refractivity contribution in [1.82, 2.24) is 14.9 Å². The first-order valence-electron chi connectivity index (χ1n) is 7.51. The van der Waals surface area contributed by atoms with Crippen LogP contribution in [0.3, 0.4) is 0 Å². The number of aromatic nitrogens is 3. The van der Waals surface area contributed by atoms with Gasteiger partial charge in [0.1, 0.15) is 5.82 Å². The predicted molar refractivity (Wildman–Crippen MR) is 96.5 cm³/mol. The van der Waals surface area contributed by atoms with Gasteiger partial charge in [-0.25, -0.2) is 9.49 Å². The molecule has 4 nitrogen and oxygen atoms in total. The van der Waals surface area contributed by atoms with Crippen molar-refractivity contribution >= 4 is 18.4 Å². The van der Waals surface area contributed by atoms with Crippen LogP contribution in [-0.2, 0) is 0 Å². The van der Waals surface area contributed by atoms with Crippen LogP contribution in [0.1, 0.15) is 22.3 Å². The Hall–Kier alpha value is -2.60. The lowest BCUT2D eigenvalue weighted by atomic mass is 10.0. The largest absolute Gasteiger partial charge is 0.250 e. The smallest absolute Gasteiger partial charge is 0.216 e. The minimum Gasteiger partial charge on any atom is -0.250 e. The van der Waals surface area contributed by atoms with E-state index in [1.165, 1.54) is 17.7 Å². The Morgan fingerprint density at radius 3 is 2.38 bits per heavy atom. The zero-order valence-electron chi connectivity index (χ0n) is 13.7. The van der Waals surface area contributed by atoms with Gasteiger partial charge in [-0.1, -0.05) is 17.7 Å². The number of nitrogens with one attached hydrogen (secondary N) is 1. The molecule has 0 aliphatic heterocycles. The van der Waals surface area contributed by atoms with E-state index in [-0.39, 0.29) is 5.82 Å². The summed E-state index contributed by atoms with van der Waals surface area (Å²) in [5.74, 6) is 0.243. The zero-order valence-corrected chi connectivity index (χ0v) is 14.5. The number of aromatic amines is 1. The second-order valence-electron chi connectivity index (χ2n) is 5.73. The van der Waals surface area contributed by atoms with Gasteiger partial charge in [-0.15, -0.1) is 0 Å². The molecule has 0 aliphatic rings. The molecule has 0 saturated carbocycles. The van der Waals surface area contributed by atoms with Crippen molar-refractivity contribution in [3.63, 3.8) is 0 Å². The highest BCUT2D eigenvalue weighted by atomic mass is 32.1. The summed E-state index contributed by atoms with van der Waals surface area (Å²) < 4.78 is 15.0. The molecule has 0 atom stereocenters. The van der Waals surface area contributed by atoms with Crippen molar-refractivity contribution in [3.05, 3.63) is 69.2 Å². The molecule has 2 aromatic carbocycles. The maximum absolute atomic E-state index is 13.1. The highest BCUT2D eigenvalue weighted by molar-refractivity contribution is 7.71. The fourth-order valence-electron chi connectivity index (χ4n) is 2.69. The molecule has 0 unspecified atom stereocenters. The fraction of sp³-hybridized carbons (Fsp3) is 0.167. The molecule has 24 heavy (non-hydrogen) atoms. The number of H-pyrrole nitrogens is 1. The van der Waals surface area contributed by atoms with E-state index < -0.39 is 0 Å². The van der Waals surface area contributed by atoms with E-state index in [0.29, 0.717) is 10.6 Å². The van der Waals surface area contributed by atoms with Crippen molar-refractivity contribution in [1.29, 1.82) is 0 Å². The van der Waals surface area contributed by atoms with E-state index in [1.807, 2.05) is 0 Å². The number of rotatable bonds is 3. The molecule has 1 N–H and O–H groups in total. The Balaban J connectivity index is 2.04. The number of nitrogens with zero attached hydrogens (tertiary/aromatic N) is 3. The van der Waals surface area contributed by atoms with Crippen molar-refractivity contribution in [2.24, 2.45) is 5.10 Å². The Morgan fingerprint density at radius 1 is 1.12 bits per heavy atom. The highest BCUT2D eigenvalue weighted by Crippen LogP contribution is 2.18. The van der Waals surface area contributed by atoms with Crippen LogP contribution < -0.4 is 0 Å². The maximum atomic E-state index is 13.1. The molecule has 122 valence electrons. The van der Waals surface area contributed by atoms with Gasteiger partial charge in [-0.3, -0.25) is 0 Å². The molecule has 0 fully saturated rings. The average Bonchev–Trinajstić information content (AvgIpc) is 2.88. The number of hydrogen-bond donors (Lipinski definition) is 1. The molecular weight excluding hydrogens is 323 g/mol. The van der Waals surface area contributed by atoms with Gasteiger partial charge >= 0.3 is 0 Å². The molecule has 0 saturated heterocycles. The fourth-order valence-corrected chi connectivity index (χ4v) is 2.87. The third kappa shape index (κ3) is 3.19. The molecule has 1 aromatic heterocycles. The van der Waals surface area contributed by atoms with Crippen LogP contribution in [0.5, 0.6) is 0 Å². The first-order chi connectivity index (χ1) is 11.5.